The molecule has 3 heterocycles. The van der Waals surface area contributed by atoms with Gasteiger partial charge >= 0.3 is 5.97 Å². The number of fused-ring (bicyclic) bond motifs is 3. The number of benzene rings is 1. The van der Waals surface area contributed by atoms with Gasteiger partial charge in [0.1, 0.15) is 18.4 Å². The first-order valence-corrected chi connectivity index (χ1v) is 8.46. The number of carbonyl (C=O) groups excluding carboxylic acids is 2. The normalized spacial score (nSPS) is 19.0. The Balaban J connectivity index is 1.98. The molecule has 0 unspecified atom stereocenters. The predicted molar refractivity (Wildman–Crippen MR) is 94.5 cm³/mol. The minimum Gasteiger partial charge on any atom is -0.467 e. The number of nitrogens with one attached hydrogen (secondary N) is 1. The molecule has 0 aliphatic carbocycles. The summed E-state index contributed by atoms with van der Waals surface area (Å²) in [6, 6.07) is 7.63. The number of methoxy groups -OCH3 is 1. The van der Waals surface area contributed by atoms with Crippen LogP contribution in [0.4, 0.5) is 4.39 Å². The van der Waals surface area contributed by atoms with Gasteiger partial charge in [-0.25, -0.2) is 19.2 Å². The molecule has 2 aromatic heterocycles. The molecule has 1 aliphatic rings. The van der Waals surface area contributed by atoms with Gasteiger partial charge in [0.2, 0.25) is 0 Å². The van der Waals surface area contributed by atoms with Crippen LogP contribution < -0.4 is 0 Å². The van der Waals surface area contributed by atoms with Crippen LogP contribution >= 0.6 is 0 Å². The Morgan fingerprint density at radius 1 is 1.33 bits per heavy atom. The van der Waals surface area contributed by atoms with E-state index >= 15 is 0 Å². The highest BCUT2D eigenvalue weighted by Crippen LogP contribution is 2.40. The van der Waals surface area contributed by atoms with Crippen molar-refractivity contribution in [3.05, 3.63) is 59.8 Å². The SMILES string of the molecule is COC(=O)[C@H]1Cc2c([nH]c3ccccc23)[C@H](c2ccncn2)N1C(=O)CF. The van der Waals surface area contributed by atoms with Crippen LogP contribution in [0.15, 0.2) is 42.9 Å². The van der Waals surface area contributed by atoms with E-state index in [4.69, 9.17) is 4.74 Å². The summed E-state index contributed by atoms with van der Waals surface area (Å²) in [5, 5.41) is 0.952. The molecule has 8 heteroatoms. The molecule has 3 aromatic rings. The van der Waals surface area contributed by atoms with Crippen LogP contribution in [0.5, 0.6) is 0 Å². The summed E-state index contributed by atoms with van der Waals surface area (Å²) < 4.78 is 18.3. The maximum atomic E-state index is 13.4. The third-order valence-corrected chi connectivity index (χ3v) is 4.89. The molecule has 0 bridgehead atoms. The van der Waals surface area contributed by atoms with E-state index in [2.05, 4.69) is 15.0 Å². The van der Waals surface area contributed by atoms with Gasteiger partial charge in [0.25, 0.3) is 5.91 Å². The number of esters is 1. The number of ether oxygens (including phenoxy) is 1. The van der Waals surface area contributed by atoms with E-state index in [0.29, 0.717) is 5.69 Å². The molecule has 1 aromatic carbocycles. The monoisotopic (exact) mass is 368 g/mol. The Hall–Kier alpha value is -3.29. The topological polar surface area (TPSA) is 88.2 Å². The van der Waals surface area contributed by atoms with Crippen LogP contribution in [0, 0.1) is 0 Å². The Kier molecular flexibility index (Phi) is 4.31. The molecule has 2 atom stereocenters. The number of para-hydroxylation sites is 1. The van der Waals surface area contributed by atoms with E-state index in [1.54, 1.807) is 12.3 Å². The second kappa shape index (κ2) is 6.79. The van der Waals surface area contributed by atoms with Crippen molar-refractivity contribution in [2.75, 3.05) is 13.8 Å². The number of aromatic amines is 1. The van der Waals surface area contributed by atoms with E-state index in [-0.39, 0.29) is 6.42 Å². The molecule has 1 aliphatic heterocycles. The number of hydrogen-bond acceptors (Lipinski definition) is 5. The summed E-state index contributed by atoms with van der Waals surface area (Å²) in [6.07, 6.45) is 3.14. The van der Waals surface area contributed by atoms with Crippen molar-refractivity contribution in [1.82, 2.24) is 19.9 Å². The second-order valence-corrected chi connectivity index (χ2v) is 6.28. The molecule has 4 rings (SSSR count). The van der Waals surface area contributed by atoms with Gasteiger partial charge in [-0.1, -0.05) is 18.2 Å². The van der Waals surface area contributed by atoms with Gasteiger partial charge in [-0.2, -0.15) is 0 Å². The lowest BCUT2D eigenvalue weighted by Gasteiger charge is -2.39. The summed E-state index contributed by atoms with van der Waals surface area (Å²) >= 11 is 0. The molecule has 27 heavy (non-hydrogen) atoms. The van der Waals surface area contributed by atoms with E-state index in [1.807, 2.05) is 24.3 Å². The third kappa shape index (κ3) is 2.73. The summed E-state index contributed by atoms with van der Waals surface area (Å²) in [7, 11) is 1.25. The number of H-pyrrole nitrogens is 1. The molecule has 0 radical (unpaired) electrons. The van der Waals surface area contributed by atoms with Gasteiger partial charge in [0, 0.05) is 29.2 Å². The first-order chi connectivity index (χ1) is 13.2. The largest absolute Gasteiger partial charge is 0.467 e. The quantitative estimate of drug-likeness (QED) is 0.714. The van der Waals surface area contributed by atoms with Crippen molar-refractivity contribution in [2.24, 2.45) is 0 Å². The average molecular weight is 368 g/mol. The zero-order valence-corrected chi connectivity index (χ0v) is 14.6. The molecule has 0 saturated heterocycles. The number of nitrogens with zero attached hydrogens (tertiary/aromatic N) is 3. The standard InChI is InChI=1S/C19H17FN4O3/c1-27-19(26)15-8-12-11-4-2-3-5-13(11)23-17(12)18(24(15)16(25)9-20)14-6-7-21-10-22-14/h2-7,10,15,18,23H,8-9H2,1H3/t15-,18+/m1/s1. The highest BCUT2D eigenvalue weighted by Gasteiger charge is 2.44. The van der Waals surface area contributed by atoms with Gasteiger partial charge in [0.15, 0.2) is 6.67 Å². The van der Waals surface area contributed by atoms with Gasteiger partial charge in [-0.05, 0) is 17.7 Å². The van der Waals surface area contributed by atoms with Crippen molar-refractivity contribution in [2.45, 2.75) is 18.5 Å². The maximum Gasteiger partial charge on any atom is 0.328 e. The first kappa shape index (κ1) is 17.1. The number of halogens is 1. The second-order valence-electron chi connectivity index (χ2n) is 6.28. The number of carbonyl (C=O) groups is 2. The van der Waals surface area contributed by atoms with Crippen LogP contribution in [0.2, 0.25) is 0 Å². The van der Waals surface area contributed by atoms with E-state index in [0.717, 1.165) is 22.2 Å². The van der Waals surface area contributed by atoms with Gasteiger partial charge < -0.3 is 14.6 Å². The third-order valence-electron chi connectivity index (χ3n) is 4.89. The molecule has 1 N–H and O–H groups in total. The Morgan fingerprint density at radius 2 is 2.15 bits per heavy atom. The van der Waals surface area contributed by atoms with Crippen molar-refractivity contribution >= 4 is 22.8 Å². The Labute approximate surface area is 154 Å². The first-order valence-electron chi connectivity index (χ1n) is 8.46. The molecule has 0 spiro atoms. The number of rotatable bonds is 3. The molecule has 0 fully saturated rings. The van der Waals surface area contributed by atoms with E-state index in [1.165, 1.54) is 18.3 Å². The van der Waals surface area contributed by atoms with Crippen LogP contribution in [0.25, 0.3) is 10.9 Å². The molecular weight excluding hydrogens is 351 g/mol. The lowest BCUT2D eigenvalue weighted by Crippen LogP contribution is -2.52. The fraction of sp³-hybridized carbons (Fsp3) is 0.263. The Morgan fingerprint density at radius 3 is 2.85 bits per heavy atom. The molecule has 138 valence electrons. The number of amides is 1. The lowest BCUT2D eigenvalue weighted by atomic mass is 9.89. The van der Waals surface area contributed by atoms with Crippen molar-refractivity contribution in [3.63, 3.8) is 0 Å². The zero-order chi connectivity index (χ0) is 19.0. The highest BCUT2D eigenvalue weighted by atomic mass is 19.1. The summed E-state index contributed by atoms with van der Waals surface area (Å²) in [4.78, 5) is 37.7. The Bertz CT molecular complexity index is 1000. The summed E-state index contributed by atoms with van der Waals surface area (Å²) in [5.74, 6) is -1.38. The van der Waals surface area contributed by atoms with Crippen LogP contribution in [-0.4, -0.2) is 51.6 Å². The average Bonchev–Trinajstić information content (AvgIpc) is 3.10. The number of hydrogen-bond donors (Lipinski definition) is 1. The zero-order valence-electron chi connectivity index (χ0n) is 14.6. The summed E-state index contributed by atoms with van der Waals surface area (Å²) in [5.41, 5.74) is 2.98. The lowest BCUT2D eigenvalue weighted by molar-refractivity contribution is -0.155. The maximum absolute atomic E-state index is 13.4. The predicted octanol–water partition coefficient (Wildman–Crippen LogP) is 1.94. The van der Waals surface area contributed by atoms with Crippen LogP contribution in [-0.2, 0) is 20.7 Å². The fourth-order valence-electron chi connectivity index (χ4n) is 3.76. The van der Waals surface area contributed by atoms with Gasteiger partial charge in [-0.3, -0.25) is 4.79 Å². The van der Waals surface area contributed by atoms with Crippen LogP contribution in [0.3, 0.4) is 0 Å². The van der Waals surface area contributed by atoms with Crippen molar-refractivity contribution in [3.8, 4) is 0 Å². The highest BCUT2D eigenvalue weighted by molar-refractivity contribution is 5.91. The van der Waals surface area contributed by atoms with Crippen molar-refractivity contribution < 1.29 is 18.7 Å². The number of aromatic nitrogens is 3. The van der Waals surface area contributed by atoms with Gasteiger partial charge in [0.05, 0.1) is 12.8 Å². The number of alkyl halides is 1. The molecular formula is C19H17FN4O3. The fourth-order valence-corrected chi connectivity index (χ4v) is 3.76. The van der Waals surface area contributed by atoms with Crippen molar-refractivity contribution in [1.29, 1.82) is 0 Å². The molecule has 7 nitrogen and oxygen atoms in total. The minimum atomic E-state index is -1.22. The molecule has 1 amide bonds. The van der Waals surface area contributed by atoms with E-state index in [9.17, 15) is 14.0 Å². The molecule has 0 saturated carbocycles. The van der Waals surface area contributed by atoms with Crippen LogP contribution in [0.1, 0.15) is 23.0 Å². The van der Waals surface area contributed by atoms with Gasteiger partial charge in [-0.15, -0.1) is 0 Å². The smallest absolute Gasteiger partial charge is 0.328 e. The minimum absolute atomic E-state index is 0.235. The van der Waals surface area contributed by atoms with E-state index < -0.39 is 30.6 Å². The summed E-state index contributed by atoms with van der Waals surface area (Å²) in [6.45, 7) is -1.22.